The zero-order chi connectivity index (χ0) is 13.8. The largest absolute Gasteiger partial charge is 0.480 e. The van der Waals surface area contributed by atoms with E-state index in [1.165, 1.54) is 4.90 Å². The average Bonchev–Trinajstić information content (AvgIpc) is 3.20. The molecule has 0 bridgehead atoms. The summed E-state index contributed by atoms with van der Waals surface area (Å²) < 4.78 is 5.38. The minimum atomic E-state index is -0.949. The van der Waals surface area contributed by atoms with Crippen molar-refractivity contribution in [3.63, 3.8) is 0 Å². The van der Waals surface area contributed by atoms with Gasteiger partial charge in [0.25, 0.3) is 0 Å². The summed E-state index contributed by atoms with van der Waals surface area (Å²) in [6.45, 7) is 4.02. The standard InChI is InChI=1S/C13H22N2O4/c1-2-11-9-19-6-5-15(11)13(18)14(8-12(16)17)7-10-3-4-10/h10-11H,2-9H2,1H3,(H,16,17). The van der Waals surface area contributed by atoms with Crippen molar-refractivity contribution in [2.45, 2.75) is 32.2 Å². The highest BCUT2D eigenvalue weighted by atomic mass is 16.5. The first-order chi connectivity index (χ1) is 9.11. The van der Waals surface area contributed by atoms with Crippen molar-refractivity contribution >= 4 is 12.0 Å². The van der Waals surface area contributed by atoms with Crippen molar-refractivity contribution in [1.29, 1.82) is 0 Å². The van der Waals surface area contributed by atoms with Gasteiger partial charge in [-0.15, -0.1) is 0 Å². The van der Waals surface area contributed by atoms with E-state index in [2.05, 4.69) is 0 Å². The molecule has 6 heteroatoms. The maximum atomic E-state index is 12.5. The van der Waals surface area contributed by atoms with E-state index in [1.54, 1.807) is 4.90 Å². The van der Waals surface area contributed by atoms with Gasteiger partial charge in [0.2, 0.25) is 0 Å². The number of carbonyl (C=O) groups excluding carboxylic acids is 1. The van der Waals surface area contributed by atoms with Crippen molar-refractivity contribution in [1.82, 2.24) is 9.80 Å². The van der Waals surface area contributed by atoms with Gasteiger partial charge in [0, 0.05) is 13.1 Å². The summed E-state index contributed by atoms with van der Waals surface area (Å²) in [7, 11) is 0. The maximum absolute atomic E-state index is 12.5. The molecule has 2 aliphatic rings. The molecule has 1 unspecified atom stereocenters. The van der Waals surface area contributed by atoms with Crippen LogP contribution in [0, 0.1) is 5.92 Å². The van der Waals surface area contributed by atoms with Crippen molar-refractivity contribution in [2.75, 3.05) is 32.8 Å². The number of carbonyl (C=O) groups is 2. The van der Waals surface area contributed by atoms with Gasteiger partial charge in [0.05, 0.1) is 19.3 Å². The van der Waals surface area contributed by atoms with E-state index in [1.807, 2.05) is 6.92 Å². The van der Waals surface area contributed by atoms with Gasteiger partial charge in [0.1, 0.15) is 6.54 Å². The quantitative estimate of drug-likeness (QED) is 0.809. The van der Waals surface area contributed by atoms with Crippen molar-refractivity contribution in [3.05, 3.63) is 0 Å². The fourth-order valence-electron chi connectivity index (χ4n) is 2.41. The second-order valence-electron chi connectivity index (χ2n) is 5.33. The van der Waals surface area contributed by atoms with Gasteiger partial charge in [-0.3, -0.25) is 4.79 Å². The first-order valence-electron chi connectivity index (χ1n) is 6.97. The lowest BCUT2D eigenvalue weighted by Crippen LogP contribution is -2.54. The molecule has 2 fully saturated rings. The van der Waals surface area contributed by atoms with E-state index in [4.69, 9.17) is 9.84 Å². The molecular weight excluding hydrogens is 248 g/mol. The monoisotopic (exact) mass is 270 g/mol. The normalized spacial score (nSPS) is 23.2. The van der Waals surface area contributed by atoms with Crippen LogP contribution >= 0.6 is 0 Å². The van der Waals surface area contributed by atoms with E-state index in [-0.39, 0.29) is 18.6 Å². The molecule has 0 aromatic rings. The molecule has 1 N–H and O–H groups in total. The van der Waals surface area contributed by atoms with Gasteiger partial charge in [-0.2, -0.15) is 0 Å². The lowest BCUT2D eigenvalue weighted by molar-refractivity contribution is -0.137. The molecule has 2 amide bonds. The van der Waals surface area contributed by atoms with Crippen molar-refractivity contribution < 1.29 is 19.4 Å². The molecular formula is C13H22N2O4. The number of ether oxygens (including phenoxy) is 1. The van der Waals surface area contributed by atoms with Crippen LogP contribution in [-0.4, -0.2) is 65.8 Å². The molecule has 1 saturated carbocycles. The van der Waals surface area contributed by atoms with Gasteiger partial charge in [-0.1, -0.05) is 6.92 Å². The molecule has 0 radical (unpaired) electrons. The number of carboxylic acids is 1. The van der Waals surface area contributed by atoms with Crippen molar-refractivity contribution in [2.24, 2.45) is 5.92 Å². The predicted octanol–water partition coefficient (Wildman–Crippen LogP) is 1.01. The highest BCUT2D eigenvalue weighted by Gasteiger charge is 2.33. The van der Waals surface area contributed by atoms with E-state index < -0.39 is 5.97 Å². The van der Waals surface area contributed by atoms with Crippen LogP contribution in [0.15, 0.2) is 0 Å². The molecule has 19 heavy (non-hydrogen) atoms. The third kappa shape index (κ3) is 3.83. The highest BCUT2D eigenvalue weighted by Crippen LogP contribution is 2.30. The first-order valence-corrected chi connectivity index (χ1v) is 6.97. The molecule has 1 aliphatic heterocycles. The molecule has 1 aliphatic carbocycles. The summed E-state index contributed by atoms with van der Waals surface area (Å²) in [5.74, 6) is -0.459. The Kier molecular flexibility index (Phi) is 4.63. The fraction of sp³-hybridized carbons (Fsp3) is 0.846. The Labute approximate surface area is 113 Å². The lowest BCUT2D eigenvalue weighted by atomic mass is 10.2. The summed E-state index contributed by atoms with van der Waals surface area (Å²) in [6, 6.07) is -0.0822. The highest BCUT2D eigenvalue weighted by molar-refractivity contribution is 5.80. The number of carboxylic acid groups (broad SMARTS) is 1. The third-order valence-corrected chi connectivity index (χ3v) is 3.72. The lowest BCUT2D eigenvalue weighted by Gasteiger charge is -2.38. The summed E-state index contributed by atoms with van der Waals surface area (Å²) in [5, 5.41) is 8.95. The van der Waals surface area contributed by atoms with Gasteiger partial charge in [0.15, 0.2) is 0 Å². The number of hydrogen-bond acceptors (Lipinski definition) is 3. The Morgan fingerprint density at radius 1 is 1.42 bits per heavy atom. The zero-order valence-corrected chi connectivity index (χ0v) is 11.4. The second kappa shape index (κ2) is 6.23. The molecule has 6 nitrogen and oxygen atoms in total. The van der Waals surface area contributed by atoms with Crippen LogP contribution in [0.1, 0.15) is 26.2 Å². The Morgan fingerprint density at radius 2 is 2.16 bits per heavy atom. The van der Waals surface area contributed by atoms with Gasteiger partial charge < -0.3 is 19.6 Å². The summed E-state index contributed by atoms with van der Waals surface area (Å²) in [5.41, 5.74) is 0. The molecule has 0 aromatic carbocycles. The molecule has 1 saturated heterocycles. The molecule has 108 valence electrons. The van der Waals surface area contributed by atoms with Crippen LogP contribution in [0.3, 0.4) is 0 Å². The van der Waals surface area contributed by atoms with Crippen molar-refractivity contribution in [3.8, 4) is 0 Å². The Bertz CT molecular complexity index is 344. The van der Waals surface area contributed by atoms with Gasteiger partial charge in [-0.25, -0.2) is 4.79 Å². The Hall–Kier alpha value is -1.30. The Balaban J connectivity index is 2.00. The number of aliphatic carboxylic acids is 1. The average molecular weight is 270 g/mol. The van der Waals surface area contributed by atoms with Gasteiger partial charge in [-0.05, 0) is 25.2 Å². The number of morpholine rings is 1. The van der Waals surface area contributed by atoms with E-state index >= 15 is 0 Å². The third-order valence-electron chi connectivity index (χ3n) is 3.72. The van der Waals surface area contributed by atoms with Crippen LogP contribution in [0.25, 0.3) is 0 Å². The minimum Gasteiger partial charge on any atom is -0.480 e. The first kappa shape index (κ1) is 14.1. The van der Waals surface area contributed by atoms with Crippen LogP contribution in [0.4, 0.5) is 4.79 Å². The Morgan fingerprint density at radius 3 is 2.74 bits per heavy atom. The second-order valence-corrected chi connectivity index (χ2v) is 5.33. The number of urea groups is 1. The number of hydrogen-bond donors (Lipinski definition) is 1. The van der Waals surface area contributed by atoms with E-state index in [0.717, 1.165) is 19.3 Å². The van der Waals surface area contributed by atoms with Crippen LogP contribution in [0.5, 0.6) is 0 Å². The van der Waals surface area contributed by atoms with Gasteiger partial charge >= 0.3 is 12.0 Å². The zero-order valence-electron chi connectivity index (χ0n) is 11.4. The summed E-state index contributed by atoms with van der Waals surface area (Å²) in [4.78, 5) is 26.7. The smallest absolute Gasteiger partial charge is 0.323 e. The van der Waals surface area contributed by atoms with E-state index in [9.17, 15) is 9.59 Å². The molecule has 2 rings (SSSR count). The van der Waals surface area contributed by atoms with Crippen LogP contribution in [-0.2, 0) is 9.53 Å². The molecule has 0 spiro atoms. The van der Waals surface area contributed by atoms with Crippen LogP contribution in [0.2, 0.25) is 0 Å². The minimum absolute atomic E-state index is 0.0664. The fourth-order valence-corrected chi connectivity index (χ4v) is 2.41. The molecule has 1 heterocycles. The summed E-state index contributed by atoms with van der Waals surface area (Å²) in [6.07, 6.45) is 3.03. The number of rotatable bonds is 5. The predicted molar refractivity (Wildman–Crippen MR) is 68.9 cm³/mol. The molecule has 1 atom stereocenters. The molecule has 0 aromatic heterocycles. The van der Waals surface area contributed by atoms with Crippen LogP contribution < -0.4 is 0 Å². The maximum Gasteiger partial charge on any atom is 0.323 e. The summed E-state index contributed by atoms with van der Waals surface area (Å²) >= 11 is 0. The van der Waals surface area contributed by atoms with E-state index in [0.29, 0.717) is 32.2 Å². The SMILES string of the molecule is CCC1COCCN1C(=O)N(CC(=O)O)CC1CC1. The number of amides is 2. The number of nitrogens with zero attached hydrogens (tertiary/aromatic N) is 2. The topological polar surface area (TPSA) is 70.1 Å².